The number of carboxylic acid groups (broad SMARTS) is 1. The number of aliphatic carboxylic acids is 1. The number of aromatic amines is 1. The van der Waals surface area contributed by atoms with Crippen LogP contribution in [0.15, 0.2) is 36.5 Å². The Hall–Kier alpha value is -3.19. The summed E-state index contributed by atoms with van der Waals surface area (Å²) in [6.07, 6.45) is 8.47. The maximum absolute atomic E-state index is 14.2. The topological polar surface area (TPSA) is 72.5 Å². The van der Waals surface area contributed by atoms with Crippen molar-refractivity contribution in [3.05, 3.63) is 53.6 Å². The van der Waals surface area contributed by atoms with E-state index in [9.17, 15) is 14.3 Å². The van der Waals surface area contributed by atoms with Crippen LogP contribution < -0.4 is 4.90 Å². The number of aromatic nitrogens is 2. The highest BCUT2D eigenvalue weighted by Crippen LogP contribution is 2.44. The van der Waals surface area contributed by atoms with Crippen molar-refractivity contribution in [2.45, 2.75) is 50.7 Å². The van der Waals surface area contributed by atoms with Gasteiger partial charge in [-0.2, -0.15) is 0 Å². The lowest BCUT2D eigenvalue weighted by Crippen LogP contribution is -2.43. The summed E-state index contributed by atoms with van der Waals surface area (Å²) in [6.45, 7) is 1.58. The number of hydrogen-bond acceptors (Lipinski definition) is 4. The van der Waals surface area contributed by atoms with Crippen molar-refractivity contribution < 1.29 is 14.3 Å². The van der Waals surface area contributed by atoms with Crippen LogP contribution in [0.5, 0.6) is 0 Å². The number of pyridine rings is 1. The third-order valence-corrected chi connectivity index (χ3v) is 7.61. The number of anilines is 1. The van der Waals surface area contributed by atoms with Crippen LogP contribution in [0.4, 0.5) is 10.1 Å². The first-order valence-electron chi connectivity index (χ1n) is 11.7. The van der Waals surface area contributed by atoms with E-state index in [-0.39, 0.29) is 17.9 Å². The summed E-state index contributed by atoms with van der Waals surface area (Å²) < 4.78 is 14.2. The monoisotopic (exact) mass is 446 g/mol. The SMILES string of the molecule is CN1Cc2c(C3=CCC(N4CCC[C@H]4C(=O)O)CC3)[nH]c3nccc(c23)-c2cc(F)ccc21. The summed E-state index contributed by atoms with van der Waals surface area (Å²) in [5, 5.41) is 10.6. The molecule has 2 N–H and O–H groups in total. The molecule has 2 aromatic heterocycles. The molecule has 1 aromatic carbocycles. The average Bonchev–Trinajstić information content (AvgIpc) is 3.42. The number of benzene rings is 1. The van der Waals surface area contributed by atoms with Gasteiger partial charge in [-0.15, -0.1) is 0 Å². The first-order chi connectivity index (χ1) is 16.0. The lowest BCUT2D eigenvalue weighted by Gasteiger charge is -2.33. The molecule has 3 aromatic rings. The zero-order valence-corrected chi connectivity index (χ0v) is 18.6. The smallest absolute Gasteiger partial charge is 0.320 e. The molecule has 2 atom stereocenters. The molecule has 6 rings (SSSR count). The molecular formula is C26H27FN4O2. The van der Waals surface area contributed by atoms with E-state index < -0.39 is 5.97 Å². The van der Waals surface area contributed by atoms with Gasteiger partial charge in [-0.1, -0.05) is 6.08 Å². The van der Waals surface area contributed by atoms with Gasteiger partial charge in [-0.05, 0) is 74.1 Å². The fourth-order valence-corrected chi connectivity index (χ4v) is 6.06. The second kappa shape index (κ2) is 7.70. The quantitative estimate of drug-likeness (QED) is 0.605. The molecule has 2 aliphatic heterocycles. The number of hydrogen-bond donors (Lipinski definition) is 2. The minimum absolute atomic E-state index is 0.242. The molecular weight excluding hydrogens is 419 g/mol. The Morgan fingerprint density at radius 2 is 2.12 bits per heavy atom. The highest BCUT2D eigenvalue weighted by atomic mass is 19.1. The molecule has 1 fully saturated rings. The Morgan fingerprint density at radius 3 is 2.91 bits per heavy atom. The number of allylic oxidation sites excluding steroid dienone is 1. The van der Waals surface area contributed by atoms with Crippen LogP contribution in [0.1, 0.15) is 43.4 Å². The number of halogens is 1. The number of carbonyl (C=O) groups is 1. The van der Waals surface area contributed by atoms with E-state index in [2.05, 4.69) is 25.8 Å². The first-order valence-corrected chi connectivity index (χ1v) is 11.7. The van der Waals surface area contributed by atoms with E-state index in [1.165, 1.54) is 17.2 Å². The Balaban J connectivity index is 1.39. The predicted octanol–water partition coefficient (Wildman–Crippen LogP) is 4.80. The maximum atomic E-state index is 14.2. The second-order valence-corrected chi connectivity index (χ2v) is 9.47. The van der Waals surface area contributed by atoms with Crippen LogP contribution in [-0.4, -0.2) is 51.6 Å². The molecule has 3 aliphatic rings. The van der Waals surface area contributed by atoms with Crippen LogP contribution in [-0.2, 0) is 11.3 Å². The summed E-state index contributed by atoms with van der Waals surface area (Å²) in [7, 11) is 2.04. The van der Waals surface area contributed by atoms with Crippen molar-refractivity contribution in [1.29, 1.82) is 0 Å². The van der Waals surface area contributed by atoms with Gasteiger partial charge in [0.2, 0.25) is 0 Å². The average molecular weight is 447 g/mol. The van der Waals surface area contributed by atoms with Crippen LogP contribution in [0.3, 0.4) is 0 Å². The molecule has 7 heteroatoms. The van der Waals surface area contributed by atoms with Gasteiger partial charge in [0.1, 0.15) is 17.5 Å². The Kier molecular flexibility index (Phi) is 4.76. The number of carboxylic acids is 1. The molecule has 0 bridgehead atoms. The standard InChI is InChI=1S/C26H27FN4O2/c1-30-14-20-23-18(19-13-16(27)6-9-21(19)30)10-11-28-25(23)29-24(20)15-4-7-17(8-5-15)31-12-2-3-22(31)26(32)33/h4,6,9-11,13,17,22H,2-3,5,7-8,12,14H2,1H3,(H,28,29)(H,32,33)/t17?,22-/m0/s1. The van der Waals surface area contributed by atoms with Crippen molar-refractivity contribution in [3.63, 3.8) is 0 Å². The summed E-state index contributed by atoms with van der Waals surface area (Å²) in [4.78, 5) is 24.2. The van der Waals surface area contributed by atoms with Crippen molar-refractivity contribution in [1.82, 2.24) is 14.9 Å². The predicted molar refractivity (Wildman–Crippen MR) is 127 cm³/mol. The lowest BCUT2D eigenvalue weighted by molar-refractivity contribution is -0.143. The van der Waals surface area contributed by atoms with Gasteiger partial charge in [0.05, 0.1) is 0 Å². The number of rotatable bonds is 3. The van der Waals surface area contributed by atoms with E-state index in [1.54, 1.807) is 12.3 Å². The largest absolute Gasteiger partial charge is 0.480 e. The van der Waals surface area contributed by atoms with E-state index in [4.69, 9.17) is 0 Å². The molecule has 1 saturated heterocycles. The fraction of sp³-hybridized carbons (Fsp3) is 0.385. The summed E-state index contributed by atoms with van der Waals surface area (Å²) in [5.41, 5.74) is 7.31. The number of H-pyrrole nitrogens is 1. The van der Waals surface area contributed by atoms with Crippen LogP contribution in [0, 0.1) is 5.82 Å². The Morgan fingerprint density at radius 1 is 1.24 bits per heavy atom. The zero-order chi connectivity index (χ0) is 22.7. The fourth-order valence-electron chi connectivity index (χ4n) is 6.06. The number of nitrogens with zero attached hydrogens (tertiary/aromatic N) is 3. The summed E-state index contributed by atoms with van der Waals surface area (Å²) in [6, 6.07) is 6.90. The first kappa shape index (κ1) is 20.4. The lowest BCUT2D eigenvalue weighted by atomic mass is 9.90. The van der Waals surface area contributed by atoms with Gasteiger partial charge in [-0.3, -0.25) is 9.69 Å². The van der Waals surface area contributed by atoms with Crippen LogP contribution in [0.2, 0.25) is 0 Å². The molecule has 33 heavy (non-hydrogen) atoms. The minimum atomic E-state index is -0.698. The number of nitrogens with one attached hydrogen (secondary N) is 1. The van der Waals surface area contributed by atoms with Crippen LogP contribution >= 0.6 is 0 Å². The van der Waals surface area contributed by atoms with Gasteiger partial charge in [-0.25, -0.2) is 9.37 Å². The van der Waals surface area contributed by atoms with Gasteiger partial charge in [0.25, 0.3) is 0 Å². The van der Waals surface area contributed by atoms with Gasteiger partial charge < -0.3 is 15.0 Å². The molecule has 4 heterocycles. The molecule has 6 nitrogen and oxygen atoms in total. The normalized spacial score (nSPS) is 22.8. The molecule has 170 valence electrons. The van der Waals surface area contributed by atoms with Crippen molar-refractivity contribution in [2.75, 3.05) is 18.5 Å². The highest BCUT2D eigenvalue weighted by molar-refractivity contribution is 6.02. The zero-order valence-electron chi connectivity index (χ0n) is 18.6. The van der Waals surface area contributed by atoms with E-state index in [0.29, 0.717) is 6.54 Å². The minimum Gasteiger partial charge on any atom is -0.480 e. The maximum Gasteiger partial charge on any atom is 0.320 e. The van der Waals surface area contributed by atoms with Crippen LogP contribution in [0.25, 0.3) is 27.7 Å². The van der Waals surface area contributed by atoms with Crippen molar-refractivity contribution >= 4 is 28.3 Å². The third-order valence-electron chi connectivity index (χ3n) is 7.61. The highest BCUT2D eigenvalue weighted by Gasteiger charge is 2.36. The van der Waals surface area contributed by atoms with Gasteiger partial charge >= 0.3 is 5.97 Å². The Bertz CT molecular complexity index is 1300. The molecule has 1 aliphatic carbocycles. The second-order valence-electron chi connectivity index (χ2n) is 9.47. The van der Waals surface area contributed by atoms with E-state index in [0.717, 1.165) is 72.2 Å². The Labute approximate surface area is 191 Å². The number of fused-ring (bicyclic) bond motifs is 2. The molecule has 0 spiro atoms. The third kappa shape index (κ3) is 3.25. The van der Waals surface area contributed by atoms with E-state index in [1.807, 2.05) is 19.2 Å². The molecule has 0 saturated carbocycles. The summed E-state index contributed by atoms with van der Waals surface area (Å²) >= 11 is 0. The van der Waals surface area contributed by atoms with Gasteiger partial charge in [0, 0.05) is 53.7 Å². The summed E-state index contributed by atoms with van der Waals surface area (Å²) in [5.74, 6) is -0.940. The molecule has 1 unspecified atom stereocenters. The molecule has 0 radical (unpaired) electrons. The van der Waals surface area contributed by atoms with Gasteiger partial charge in [0.15, 0.2) is 0 Å². The van der Waals surface area contributed by atoms with Crippen molar-refractivity contribution in [3.8, 4) is 11.1 Å². The molecule has 0 amide bonds. The number of likely N-dealkylation sites (tertiary alicyclic amines) is 1. The van der Waals surface area contributed by atoms with Crippen molar-refractivity contribution in [2.24, 2.45) is 0 Å². The van der Waals surface area contributed by atoms with E-state index >= 15 is 0 Å².